The average Bonchev–Trinajstić information content (AvgIpc) is 2.37. The molecule has 0 aliphatic heterocycles. The summed E-state index contributed by atoms with van der Waals surface area (Å²) in [5.74, 6) is -0.123. The molecule has 0 aliphatic carbocycles. The Morgan fingerprint density at radius 2 is 1.68 bits per heavy atom. The minimum Gasteiger partial charge on any atom is -0.309 e. The van der Waals surface area contributed by atoms with Crippen molar-refractivity contribution in [3.63, 3.8) is 0 Å². The number of aryl methyl sites for hydroxylation is 3. The van der Waals surface area contributed by atoms with Crippen molar-refractivity contribution >= 4 is 0 Å². The van der Waals surface area contributed by atoms with E-state index in [-0.39, 0.29) is 11.9 Å². The zero-order chi connectivity index (χ0) is 14.0. The largest absolute Gasteiger partial charge is 0.309 e. The third kappa shape index (κ3) is 2.69. The zero-order valence-corrected chi connectivity index (χ0v) is 11.9. The molecule has 2 aromatic carbocycles. The van der Waals surface area contributed by atoms with Gasteiger partial charge in [0.2, 0.25) is 0 Å². The van der Waals surface area contributed by atoms with Crippen LogP contribution in [0.4, 0.5) is 4.39 Å². The minimum atomic E-state index is -0.123. The van der Waals surface area contributed by atoms with Gasteiger partial charge in [-0.1, -0.05) is 42.0 Å². The highest BCUT2D eigenvalue weighted by atomic mass is 19.1. The molecule has 100 valence electrons. The molecule has 19 heavy (non-hydrogen) atoms. The van der Waals surface area contributed by atoms with Crippen molar-refractivity contribution in [3.8, 4) is 0 Å². The molecule has 2 heteroatoms. The van der Waals surface area contributed by atoms with Gasteiger partial charge >= 0.3 is 0 Å². The standard InChI is InChI=1S/C17H20FN/c1-11-8-9-14(13(3)10-11)17(19-4)15-7-5-6-12(2)16(15)18/h5-10,17,19H,1-4H3. The van der Waals surface area contributed by atoms with E-state index < -0.39 is 0 Å². The van der Waals surface area contributed by atoms with Crippen LogP contribution >= 0.6 is 0 Å². The van der Waals surface area contributed by atoms with Crippen molar-refractivity contribution in [1.82, 2.24) is 5.32 Å². The Balaban J connectivity index is 2.53. The third-order valence-electron chi connectivity index (χ3n) is 3.56. The van der Waals surface area contributed by atoms with Crippen LogP contribution in [0.5, 0.6) is 0 Å². The monoisotopic (exact) mass is 257 g/mol. The smallest absolute Gasteiger partial charge is 0.131 e. The maximum absolute atomic E-state index is 14.3. The van der Waals surface area contributed by atoms with Gasteiger partial charge in [-0.3, -0.25) is 0 Å². The first-order chi connectivity index (χ1) is 9.04. The lowest BCUT2D eigenvalue weighted by molar-refractivity contribution is 0.568. The molecule has 0 bridgehead atoms. The fourth-order valence-corrected chi connectivity index (χ4v) is 2.52. The number of rotatable bonds is 3. The van der Waals surface area contributed by atoms with Gasteiger partial charge in [0, 0.05) is 5.56 Å². The summed E-state index contributed by atoms with van der Waals surface area (Å²) in [5, 5.41) is 3.22. The number of hydrogen-bond donors (Lipinski definition) is 1. The maximum atomic E-state index is 14.3. The summed E-state index contributed by atoms with van der Waals surface area (Å²) < 4.78 is 14.3. The number of halogens is 1. The van der Waals surface area contributed by atoms with E-state index in [2.05, 4.69) is 37.4 Å². The molecule has 0 amide bonds. The highest BCUT2D eigenvalue weighted by Gasteiger charge is 2.18. The third-order valence-corrected chi connectivity index (χ3v) is 3.56. The highest BCUT2D eigenvalue weighted by Crippen LogP contribution is 2.28. The van der Waals surface area contributed by atoms with E-state index in [9.17, 15) is 4.39 Å². The molecule has 0 saturated heterocycles. The van der Waals surface area contributed by atoms with Crippen LogP contribution in [0.2, 0.25) is 0 Å². The summed E-state index contributed by atoms with van der Waals surface area (Å²) in [6.45, 7) is 5.94. The van der Waals surface area contributed by atoms with Gasteiger partial charge in [0.1, 0.15) is 5.82 Å². The average molecular weight is 257 g/mol. The van der Waals surface area contributed by atoms with E-state index in [4.69, 9.17) is 0 Å². The maximum Gasteiger partial charge on any atom is 0.131 e. The molecule has 0 heterocycles. The van der Waals surface area contributed by atoms with E-state index in [1.54, 1.807) is 13.0 Å². The van der Waals surface area contributed by atoms with E-state index >= 15 is 0 Å². The molecule has 1 atom stereocenters. The lowest BCUT2D eigenvalue weighted by Gasteiger charge is -2.21. The second-order valence-electron chi connectivity index (χ2n) is 5.06. The van der Waals surface area contributed by atoms with Crippen LogP contribution < -0.4 is 5.32 Å². The molecule has 2 rings (SSSR count). The second-order valence-corrected chi connectivity index (χ2v) is 5.06. The van der Waals surface area contributed by atoms with Crippen molar-refractivity contribution in [2.75, 3.05) is 7.05 Å². The van der Waals surface area contributed by atoms with Gasteiger partial charge in [-0.25, -0.2) is 4.39 Å². The van der Waals surface area contributed by atoms with Crippen LogP contribution in [0.1, 0.15) is 33.9 Å². The van der Waals surface area contributed by atoms with Crippen molar-refractivity contribution < 1.29 is 4.39 Å². The second kappa shape index (κ2) is 5.54. The Labute approximate surface area is 114 Å². The molecule has 1 unspecified atom stereocenters. The van der Waals surface area contributed by atoms with E-state index in [1.807, 2.05) is 19.2 Å². The zero-order valence-electron chi connectivity index (χ0n) is 11.9. The first kappa shape index (κ1) is 13.8. The summed E-state index contributed by atoms with van der Waals surface area (Å²) in [6, 6.07) is 11.7. The van der Waals surface area contributed by atoms with Crippen LogP contribution in [-0.4, -0.2) is 7.05 Å². The predicted octanol–water partition coefficient (Wildman–Crippen LogP) is 4.06. The van der Waals surface area contributed by atoms with Crippen molar-refractivity contribution in [2.24, 2.45) is 0 Å². The van der Waals surface area contributed by atoms with Gasteiger partial charge in [0.05, 0.1) is 6.04 Å². The quantitative estimate of drug-likeness (QED) is 0.874. The van der Waals surface area contributed by atoms with Crippen LogP contribution in [0.3, 0.4) is 0 Å². The highest BCUT2D eigenvalue weighted by molar-refractivity contribution is 5.40. The normalized spacial score (nSPS) is 12.5. The van der Waals surface area contributed by atoms with Crippen LogP contribution in [0.15, 0.2) is 36.4 Å². The summed E-state index contributed by atoms with van der Waals surface area (Å²) in [6.07, 6.45) is 0. The molecule has 0 spiro atoms. The lowest BCUT2D eigenvalue weighted by Crippen LogP contribution is -2.20. The molecule has 0 aromatic heterocycles. The first-order valence-corrected chi connectivity index (χ1v) is 6.54. The van der Waals surface area contributed by atoms with Gasteiger partial charge in [-0.05, 0) is 44.5 Å². The van der Waals surface area contributed by atoms with Gasteiger partial charge in [-0.2, -0.15) is 0 Å². The molecular formula is C17H20FN. The van der Waals surface area contributed by atoms with Gasteiger partial charge in [0.15, 0.2) is 0 Å². The van der Waals surface area contributed by atoms with Crippen molar-refractivity contribution in [2.45, 2.75) is 26.8 Å². The van der Waals surface area contributed by atoms with E-state index in [0.29, 0.717) is 11.1 Å². The Kier molecular flexibility index (Phi) is 4.01. The molecule has 0 radical (unpaired) electrons. The molecule has 1 nitrogen and oxygen atoms in total. The van der Waals surface area contributed by atoms with Crippen molar-refractivity contribution in [1.29, 1.82) is 0 Å². The van der Waals surface area contributed by atoms with Gasteiger partial charge in [0.25, 0.3) is 0 Å². The molecule has 0 fully saturated rings. The fourth-order valence-electron chi connectivity index (χ4n) is 2.52. The fraction of sp³-hybridized carbons (Fsp3) is 0.294. The number of benzene rings is 2. The van der Waals surface area contributed by atoms with Gasteiger partial charge < -0.3 is 5.32 Å². The Morgan fingerprint density at radius 3 is 2.32 bits per heavy atom. The minimum absolute atomic E-state index is 0.111. The lowest BCUT2D eigenvalue weighted by atomic mass is 9.93. The Bertz CT molecular complexity index is 590. The van der Waals surface area contributed by atoms with Gasteiger partial charge in [-0.15, -0.1) is 0 Å². The summed E-state index contributed by atoms with van der Waals surface area (Å²) in [7, 11) is 1.87. The van der Waals surface area contributed by atoms with Crippen LogP contribution in [0.25, 0.3) is 0 Å². The molecule has 2 aromatic rings. The predicted molar refractivity (Wildman–Crippen MR) is 78.0 cm³/mol. The van der Waals surface area contributed by atoms with Crippen LogP contribution in [-0.2, 0) is 0 Å². The summed E-state index contributed by atoms with van der Waals surface area (Å²) in [4.78, 5) is 0. The van der Waals surface area contributed by atoms with Crippen molar-refractivity contribution in [3.05, 3.63) is 70.0 Å². The van der Waals surface area contributed by atoms with E-state index in [1.165, 1.54) is 11.1 Å². The molecule has 0 aliphatic rings. The first-order valence-electron chi connectivity index (χ1n) is 6.54. The summed E-state index contributed by atoms with van der Waals surface area (Å²) >= 11 is 0. The molecule has 1 N–H and O–H groups in total. The Hall–Kier alpha value is -1.67. The Morgan fingerprint density at radius 1 is 0.947 bits per heavy atom. The number of hydrogen-bond acceptors (Lipinski definition) is 1. The summed E-state index contributed by atoms with van der Waals surface area (Å²) in [5.41, 5.74) is 4.91. The van der Waals surface area contributed by atoms with Crippen LogP contribution in [0, 0.1) is 26.6 Å². The van der Waals surface area contributed by atoms with E-state index in [0.717, 1.165) is 5.56 Å². The topological polar surface area (TPSA) is 12.0 Å². The molecular weight excluding hydrogens is 237 g/mol. The SMILES string of the molecule is CNC(c1ccc(C)cc1C)c1cccc(C)c1F. The molecule has 0 saturated carbocycles. The number of nitrogens with one attached hydrogen (secondary N) is 1.